The molecule has 1 unspecified atom stereocenters. The summed E-state index contributed by atoms with van der Waals surface area (Å²) >= 11 is 0. The molecule has 2 aliphatic rings. The second-order valence-electron chi connectivity index (χ2n) is 8.00. The average Bonchev–Trinajstić information content (AvgIpc) is 2.77. The number of piperidine rings is 1. The van der Waals surface area contributed by atoms with Crippen molar-refractivity contribution in [1.82, 2.24) is 20.4 Å². The minimum atomic E-state index is -0.508. The van der Waals surface area contributed by atoms with E-state index in [-0.39, 0.29) is 36.1 Å². The molecule has 2 aliphatic heterocycles. The van der Waals surface area contributed by atoms with Gasteiger partial charge in [-0.2, -0.15) is 0 Å². The van der Waals surface area contributed by atoms with Crippen LogP contribution in [0.5, 0.6) is 0 Å². The number of ether oxygens (including phenoxy) is 1. The summed E-state index contributed by atoms with van der Waals surface area (Å²) in [5, 5.41) is 17.2. The number of nitrogens with one attached hydrogen (secondary N) is 2. The molecule has 0 aliphatic carbocycles. The number of aliphatic imine (C=N–C) groups is 1. The van der Waals surface area contributed by atoms with Gasteiger partial charge in [0, 0.05) is 45.3 Å². The Morgan fingerprint density at radius 1 is 1.26 bits per heavy atom. The first-order valence-electron chi connectivity index (χ1n) is 10.9. The van der Waals surface area contributed by atoms with Crippen LogP contribution in [0.3, 0.4) is 0 Å². The smallest absolute Gasteiger partial charge is 0.409 e. The molecule has 2 heterocycles. The number of rotatable bonds is 6. The molecule has 0 saturated carbocycles. The van der Waals surface area contributed by atoms with Crippen LogP contribution in [0, 0.1) is 0 Å². The number of nitrogens with zero attached hydrogens (tertiary/aromatic N) is 3. The summed E-state index contributed by atoms with van der Waals surface area (Å²) < 4.78 is 4.79. The molecular weight excluding hydrogens is 509 g/mol. The van der Waals surface area contributed by atoms with Crippen molar-refractivity contribution in [3.8, 4) is 0 Å². The van der Waals surface area contributed by atoms with Crippen LogP contribution < -0.4 is 10.6 Å². The summed E-state index contributed by atoms with van der Waals surface area (Å²) in [7, 11) is 1.41. The third kappa shape index (κ3) is 7.80. The minimum absolute atomic E-state index is 0. The Balaban J connectivity index is 0.00000341. The number of fused-ring (bicyclic) bond motifs is 1. The molecule has 3 N–H and O–H groups in total. The van der Waals surface area contributed by atoms with Crippen molar-refractivity contribution in [3.63, 3.8) is 0 Å². The monoisotopic (exact) mass is 545 g/mol. The van der Waals surface area contributed by atoms with Crippen LogP contribution in [0.25, 0.3) is 0 Å². The van der Waals surface area contributed by atoms with Gasteiger partial charge in [0.25, 0.3) is 0 Å². The van der Waals surface area contributed by atoms with Gasteiger partial charge >= 0.3 is 6.09 Å². The van der Waals surface area contributed by atoms with Gasteiger partial charge in [-0.1, -0.05) is 24.3 Å². The molecule has 1 saturated heterocycles. The fourth-order valence-electron chi connectivity index (χ4n) is 4.11. The molecule has 0 aromatic heterocycles. The van der Waals surface area contributed by atoms with Crippen LogP contribution in [-0.4, -0.2) is 85.5 Å². The van der Waals surface area contributed by atoms with Crippen LogP contribution in [0.2, 0.25) is 0 Å². The molecule has 1 fully saturated rings. The van der Waals surface area contributed by atoms with E-state index < -0.39 is 6.10 Å². The third-order valence-electron chi connectivity index (χ3n) is 5.75. The van der Waals surface area contributed by atoms with Crippen LogP contribution in [-0.2, 0) is 17.7 Å². The Morgan fingerprint density at radius 3 is 2.65 bits per heavy atom. The molecule has 1 aromatic rings. The number of aliphatic hydroxyl groups is 1. The van der Waals surface area contributed by atoms with Crippen molar-refractivity contribution in [3.05, 3.63) is 35.4 Å². The van der Waals surface area contributed by atoms with Gasteiger partial charge < -0.3 is 25.4 Å². The molecule has 1 amide bonds. The summed E-state index contributed by atoms with van der Waals surface area (Å²) in [6.45, 7) is 6.95. The van der Waals surface area contributed by atoms with E-state index in [9.17, 15) is 9.90 Å². The zero-order valence-corrected chi connectivity index (χ0v) is 20.9. The van der Waals surface area contributed by atoms with Crippen molar-refractivity contribution in [2.75, 3.05) is 46.4 Å². The van der Waals surface area contributed by atoms with Crippen LogP contribution in [0.1, 0.15) is 30.9 Å². The quantitative estimate of drug-likeness (QED) is 0.287. The first kappa shape index (κ1) is 25.7. The van der Waals surface area contributed by atoms with E-state index in [0.717, 1.165) is 44.9 Å². The van der Waals surface area contributed by atoms with E-state index in [2.05, 4.69) is 44.8 Å². The highest BCUT2D eigenvalue weighted by atomic mass is 127. The number of methoxy groups -OCH3 is 1. The highest BCUT2D eigenvalue weighted by Gasteiger charge is 2.24. The summed E-state index contributed by atoms with van der Waals surface area (Å²) in [5.41, 5.74) is 2.77. The van der Waals surface area contributed by atoms with E-state index in [4.69, 9.17) is 4.74 Å². The summed E-state index contributed by atoms with van der Waals surface area (Å²) in [6, 6.07) is 8.78. The number of likely N-dealkylation sites (tertiary alicyclic amines) is 1. The first-order chi connectivity index (χ1) is 14.6. The van der Waals surface area contributed by atoms with Crippen molar-refractivity contribution in [1.29, 1.82) is 0 Å². The zero-order chi connectivity index (χ0) is 21.3. The van der Waals surface area contributed by atoms with Gasteiger partial charge in [-0.15, -0.1) is 24.0 Å². The van der Waals surface area contributed by atoms with E-state index in [1.807, 2.05) is 6.92 Å². The van der Waals surface area contributed by atoms with Crippen LogP contribution in [0.4, 0.5) is 4.79 Å². The van der Waals surface area contributed by atoms with Gasteiger partial charge in [-0.3, -0.25) is 9.89 Å². The van der Waals surface area contributed by atoms with E-state index >= 15 is 0 Å². The number of hydrogen-bond donors (Lipinski definition) is 3. The fourth-order valence-corrected chi connectivity index (χ4v) is 4.11. The Morgan fingerprint density at radius 2 is 1.97 bits per heavy atom. The number of carbonyl (C=O) groups excluding carboxylic acids is 1. The third-order valence-corrected chi connectivity index (χ3v) is 5.75. The second kappa shape index (κ2) is 13.1. The zero-order valence-electron chi connectivity index (χ0n) is 18.5. The topological polar surface area (TPSA) is 89.4 Å². The molecule has 8 nitrogen and oxygen atoms in total. The number of aliphatic hydroxyl groups excluding tert-OH is 1. The summed E-state index contributed by atoms with van der Waals surface area (Å²) in [5.74, 6) is 0.719. The van der Waals surface area contributed by atoms with E-state index in [1.165, 1.54) is 18.2 Å². The molecule has 3 rings (SSSR count). The number of guanidine groups is 1. The molecule has 9 heteroatoms. The second-order valence-corrected chi connectivity index (χ2v) is 8.00. The maximum atomic E-state index is 11.6. The fraction of sp³-hybridized carbons (Fsp3) is 0.636. The SMILES string of the molecule is CCNC(=NCC(O)CN1CCc2ccccc2C1)NC1CCN(C(=O)OC)CC1.I. The van der Waals surface area contributed by atoms with Gasteiger partial charge in [0.15, 0.2) is 5.96 Å². The highest BCUT2D eigenvalue weighted by Crippen LogP contribution is 2.18. The molecule has 0 radical (unpaired) electrons. The Kier molecular flexibility index (Phi) is 10.8. The van der Waals surface area contributed by atoms with Crippen molar-refractivity contribution >= 4 is 36.0 Å². The molecule has 1 atom stereocenters. The number of halogens is 1. The molecular formula is C22H36IN5O3. The van der Waals surface area contributed by atoms with Gasteiger partial charge in [-0.25, -0.2) is 4.79 Å². The number of carbonyl (C=O) groups is 1. The van der Waals surface area contributed by atoms with Crippen molar-refractivity contribution < 1.29 is 14.6 Å². The maximum absolute atomic E-state index is 11.6. The minimum Gasteiger partial charge on any atom is -0.453 e. The van der Waals surface area contributed by atoms with Crippen molar-refractivity contribution in [2.45, 2.75) is 44.9 Å². The lowest BCUT2D eigenvalue weighted by molar-refractivity contribution is 0.110. The lowest BCUT2D eigenvalue weighted by atomic mass is 10.00. The highest BCUT2D eigenvalue weighted by molar-refractivity contribution is 14.0. The van der Waals surface area contributed by atoms with Gasteiger partial charge in [0.2, 0.25) is 0 Å². The molecule has 1 aromatic carbocycles. The lowest BCUT2D eigenvalue weighted by Crippen LogP contribution is -2.50. The van der Waals surface area contributed by atoms with E-state index in [0.29, 0.717) is 26.2 Å². The molecule has 174 valence electrons. The summed E-state index contributed by atoms with van der Waals surface area (Å²) in [6.07, 6.45) is 1.94. The lowest BCUT2D eigenvalue weighted by Gasteiger charge is -2.32. The Bertz CT molecular complexity index is 725. The first-order valence-corrected chi connectivity index (χ1v) is 10.9. The molecule has 31 heavy (non-hydrogen) atoms. The maximum Gasteiger partial charge on any atom is 0.409 e. The predicted molar refractivity (Wildman–Crippen MR) is 133 cm³/mol. The number of benzene rings is 1. The molecule has 0 spiro atoms. The normalized spacial score (nSPS) is 18.5. The number of β-amino-alcohol motifs (C(OH)–C–C–N with tert-alkyl or cyclic N) is 1. The molecule has 0 bridgehead atoms. The summed E-state index contributed by atoms with van der Waals surface area (Å²) in [4.78, 5) is 20.2. The van der Waals surface area contributed by atoms with Gasteiger partial charge in [0.05, 0.1) is 19.8 Å². The van der Waals surface area contributed by atoms with E-state index in [1.54, 1.807) is 4.90 Å². The van der Waals surface area contributed by atoms with Crippen molar-refractivity contribution in [2.24, 2.45) is 4.99 Å². The van der Waals surface area contributed by atoms with Crippen LogP contribution in [0.15, 0.2) is 29.3 Å². The largest absolute Gasteiger partial charge is 0.453 e. The average molecular weight is 545 g/mol. The Labute approximate surface area is 202 Å². The predicted octanol–water partition coefficient (Wildman–Crippen LogP) is 1.81. The van der Waals surface area contributed by atoms with Gasteiger partial charge in [-0.05, 0) is 37.3 Å². The standard InChI is InChI=1S/C22H35N5O3.HI/c1-3-23-21(25-19-9-12-27(13-10-19)22(29)30-2)24-14-20(28)16-26-11-8-17-6-4-5-7-18(17)15-26;/h4-7,19-20,28H,3,8-16H2,1-2H3,(H2,23,24,25);1H. The number of hydrogen-bond acceptors (Lipinski definition) is 5. The van der Waals surface area contributed by atoms with Gasteiger partial charge in [0.1, 0.15) is 0 Å². The number of amides is 1. The Hall–Kier alpha value is -1.59. The van der Waals surface area contributed by atoms with Crippen LogP contribution >= 0.6 is 24.0 Å².